The van der Waals surface area contributed by atoms with Crippen LogP contribution >= 0.6 is 11.3 Å². The molecule has 18 heavy (non-hydrogen) atoms. The third-order valence-corrected chi connectivity index (χ3v) is 2.93. The van der Waals surface area contributed by atoms with Gasteiger partial charge in [-0.2, -0.15) is 0 Å². The van der Waals surface area contributed by atoms with Crippen LogP contribution in [0.3, 0.4) is 0 Å². The number of carbonyl (C=O) groups is 2. The maximum atomic E-state index is 11.8. The van der Waals surface area contributed by atoms with Gasteiger partial charge in [0.25, 0.3) is 5.91 Å². The smallest absolute Gasteiger partial charge is 0.293 e. The van der Waals surface area contributed by atoms with Gasteiger partial charge in [-0.05, 0) is 12.1 Å². The van der Waals surface area contributed by atoms with Crippen molar-refractivity contribution in [2.75, 3.05) is 5.32 Å². The Balaban J connectivity index is 2.08. The quantitative estimate of drug-likeness (QED) is 0.819. The molecule has 3 N–H and O–H groups in total. The summed E-state index contributed by atoms with van der Waals surface area (Å²) in [5.41, 5.74) is 5.71. The molecule has 0 aliphatic rings. The van der Waals surface area contributed by atoms with Crippen LogP contribution in [0.15, 0.2) is 21.9 Å². The average Bonchev–Trinajstić information content (AvgIpc) is 2.96. The van der Waals surface area contributed by atoms with Crippen LogP contribution in [-0.2, 0) is 6.54 Å². The fourth-order valence-corrected chi connectivity index (χ4v) is 2.01. The van der Waals surface area contributed by atoms with Gasteiger partial charge in [0.15, 0.2) is 16.7 Å². The lowest BCUT2D eigenvalue weighted by Gasteiger charge is -1.97. The van der Waals surface area contributed by atoms with E-state index in [1.807, 2.05) is 0 Å². The number of hydrogen-bond acceptors (Lipinski definition) is 6. The van der Waals surface area contributed by atoms with Gasteiger partial charge < -0.3 is 10.2 Å². The van der Waals surface area contributed by atoms with Crippen LogP contribution < -0.4 is 11.1 Å². The van der Waals surface area contributed by atoms with E-state index in [2.05, 4.69) is 10.3 Å². The Labute approximate surface area is 107 Å². The molecule has 0 unspecified atom stereocenters. The lowest BCUT2D eigenvalue weighted by Crippen LogP contribution is -2.11. The highest BCUT2D eigenvalue weighted by atomic mass is 32.1. The summed E-state index contributed by atoms with van der Waals surface area (Å²) in [5.74, 6) is 0.132. The highest BCUT2D eigenvalue weighted by molar-refractivity contribution is 7.14. The van der Waals surface area contributed by atoms with Crippen LogP contribution in [0.5, 0.6) is 0 Å². The van der Waals surface area contributed by atoms with E-state index < -0.39 is 5.91 Å². The molecule has 2 aromatic heterocycles. The molecule has 0 fully saturated rings. The van der Waals surface area contributed by atoms with Crippen molar-refractivity contribution in [3.8, 4) is 0 Å². The van der Waals surface area contributed by atoms with E-state index in [1.54, 1.807) is 11.4 Å². The van der Waals surface area contributed by atoms with Gasteiger partial charge in [0.1, 0.15) is 11.5 Å². The molecule has 0 bridgehead atoms. The molecule has 1 amide bonds. The van der Waals surface area contributed by atoms with Crippen molar-refractivity contribution in [1.82, 2.24) is 4.98 Å². The van der Waals surface area contributed by atoms with Crippen LogP contribution in [0.4, 0.5) is 5.13 Å². The molecule has 0 aliphatic heterocycles. The van der Waals surface area contributed by atoms with E-state index >= 15 is 0 Å². The molecule has 0 aliphatic carbocycles. The van der Waals surface area contributed by atoms with E-state index in [-0.39, 0.29) is 18.1 Å². The first kappa shape index (κ1) is 12.5. The van der Waals surface area contributed by atoms with Gasteiger partial charge in [0.2, 0.25) is 0 Å². The molecule has 6 nitrogen and oxygen atoms in total. The van der Waals surface area contributed by atoms with Crippen molar-refractivity contribution in [3.05, 3.63) is 34.7 Å². The molecular weight excluding hydrogens is 254 g/mol. The summed E-state index contributed by atoms with van der Waals surface area (Å²) in [4.78, 5) is 26.8. The molecule has 7 heteroatoms. The number of aromatic nitrogens is 1. The van der Waals surface area contributed by atoms with Crippen molar-refractivity contribution in [1.29, 1.82) is 0 Å². The molecule has 2 heterocycles. The van der Waals surface area contributed by atoms with E-state index in [9.17, 15) is 9.59 Å². The fourth-order valence-electron chi connectivity index (χ4n) is 1.26. The van der Waals surface area contributed by atoms with Crippen molar-refractivity contribution in [2.45, 2.75) is 13.5 Å². The number of Topliss-reactive ketones (excluding diaryl/α,β-unsaturated/α-hetero) is 1. The predicted molar refractivity (Wildman–Crippen MR) is 66.7 cm³/mol. The summed E-state index contributed by atoms with van der Waals surface area (Å²) in [6.45, 7) is 1.65. The van der Waals surface area contributed by atoms with Gasteiger partial charge in [0, 0.05) is 12.3 Å². The van der Waals surface area contributed by atoms with E-state index in [1.165, 1.54) is 24.3 Å². The monoisotopic (exact) mass is 265 g/mol. The maximum absolute atomic E-state index is 11.8. The zero-order valence-electron chi connectivity index (χ0n) is 9.60. The minimum Gasteiger partial charge on any atom is -0.455 e. The second-order valence-corrected chi connectivity index (χ2v) is 4.38. The van der Waals surface area contributed by atoms with E-state index in [4.69, 9.17) is 10.2 Å². The van der Waals surface area contributed by atoms with E-state index in [0.29, 0.717) is 16.6 Å². The largest absolute Gasteiger partial charge is 0.455 e. The van der Waals surface area contributed by atoms with Crippen molar-refractivity contribution in [2.24, 2.45) is 5.73 Å². The molecule has 94 valence electrons. The minimum atomic E-state index is -0.417. The molecule has 0 saturated heterocycles. The minimum absolute atomic E-state index is 0.143. The maximum Gasteiger partial charge on any atom is 0.293 e. The summed E-state index contributed by atoms with van der Waals surface area (Å²) in [6.07, 6.45) is 0. The molecule has 0 spiro atoms. The number of ketones is 1. The Morgan fingerprint density at radius 2 is 2.28 bits per heavy atom. The highest BCUT2D eigenvalue weighted by Gasteiger charge is 2.13. The number of rotatable bonds is 4. The van der Waals surface area contributed by atoms with Gasteiger partial charge in [-0.3, -0.25) is 14.9 Å². The number of furan rings is 1. The van der Waals surface area contributed by atoms with Crippen LogP contribution in [0.2, 0.25) is 0 Å². The number of carbonyl (C=O) groups excluding carboxylic acids is 2. The summed E-state index contributed by atoms with van der Waals surface area (Å²) in [7, 11) is 0. The number of thiazole rings is 1. The Bertz CT molecular complexity index is 588. The highest BCUT2D eigenvalue weighted by Crippen LogP contribution is 2.17. The Kier molecular flexibility index (Phi) is 3.54. The number of hydrogen-bond donors (Lipinski definition) is 2. The van der Waals surface area contributed by atoms with Crippen molar-refractivity contribution >= 4 is 28.2 Å². The Hall–Kier alpha value is -1.99. The van der Waals surface area contributed by atoms with Crippen LogP contribution in [0, 0.1) is 0 Å². The molecule has 0 saturated carbocycles. The van der Waals surface area contributed by atoms with Crippen molar-refractivity contribution < 1.29 is 14.0 Å². The fraction of sp³-hybridized carbons (Fsp3) is 0.182. The topological polar surface area (TPSA) is 98.2 Å². The SMILES string of the molecule is CC(=O)c1csc(NC(=O)c2ccc(CN)o2)n1. The molecular formula is C11H11N3O3S. The molecule has 0 radical (unpaired) electrons. The summed E-state index contributed by atoms with van der Waals surface area (Å²) in [6, 6.07) is 3.18. The van der Waals surface area contributed by atoms with Gasteiger partial charge in [0.05, 0.1) is 6.54 Å². The van der Waals surface area contributed by atoms with Crippen molar-refractivity contribution in [3.63, 3.8) is 0 Å². The Morgan fingerprint density at radius 3 is 2.83 bits per heavy atom. The van der Waals surface area contributed by atoms with Crippen LogP contribution in [0.25, 0.3) is 0 Å². The number of nitrogens with two attached hydrogens (primary N) is 1. The second-order valence-electron chi connectivity index (χ2n) is 3.52. The zero-order valence-corrected chi connectivity index (χ0v) is 10.4. The molecule has 2 rings (SSSR count). The number of nitrogens with zero attached hydrogens (tertiary/aromatic N) is 1. The predicted octanol–water partition coefficient (Wildman–Crippen LogP) is 1.65. The summed E-state index contributed by atoms with van der Waals surface area (Å²) >= 11 is 1.18. The first-order valence-corrected chi connectivity index (χ1v) is 6.04. The number of anilines is 1. The molecule has 0 aromatic carbocycles. The standard InChI is InChI=1S/C11H11N3O3S/c1-6(15)8-5-18-11(13-8)14-10(16)9-3-2-7(4-12)17-9/h2-3,5H,4,12H2,1H3,(H,13,14,16). The lowest BCUT2D eigenvalue weighted by molar-refractivity contribution is 0.0989. The van der Waals surface area contributed by atoms with E-state index in [0.717, 1.165) is 0 Å². The van der Waals surface area contributed by atoms with Gasteiger partial charge in [-0.1, -0.05) is 0 Å². The Morgan fingerprint density at radius 1 is 1.50 bits per heavy atom. The lowest BCUT2D eigenvalue weighted by atomic mass is 10.4. The first-order chi connectivity index (χ1) is 8.60. The normalized spacial score (nSPS) is 10.3. The van der Waals surface area contributed by atoms with Gasteiger partial charge >= 0.3 is 0 Å². The third kappa shape index (κ3) is 2.63. The van der Waals surface area contributed by atoms with Crippen LogP contribution in [-0.4, -0.2) is 16.7 Å². The molecule has 2 aromatic rings. The number of amides is 1. The summed E-state index contributed by atoms with van der Waals surface area (Å²) < 4.78 is 5.19. The first-order valence-electron chi connectivity index (χ1n) is 5.16. The summed E-state index contributed by atoms with van der Waals surface area (Å²) in [5, 5.41) is 4.50. The molecule has 0 atom stereocenters. The van der Waals surface area contributed by atoms with Gasteiger partial charge in [-0.15, -0.1) is 11.3 Å². The zero-order chi connectivity index (χ0) is 13.1. The second kappa shape index (κ2) is 5.11. The van der Waals surface area contributed by atoms with Gasteiger partial charge in [-0.25, -0.2) is 4.98 Å². The third-order valence-electron chi connectivity index (χ3n) is 2.17. The average molecular weight is 265 g/mol. The number of nitrogens with one attached hydrogen (secondary N) is 1. The van der Waals surface area contributed by atoms with Crippen LogP contribution in [0.1, 0.15) is 33.7 Å².